The Kier molecular flexibility index (Phi) is 6.32. The molecule has 0 aromatic heterocycles. The van der Waals surface area contributed by atoms with E-state index in [0.717, 1.165) is 5.32 Å². The molecule has 1 unspecified atom stereocenters. The standard InChI is InChI=1S/C9H17NO3SSe/c1-9(2,14)8(13)10-6(7(11)12)4-5-15-3/h6,14H,4-5H2,1-3H3,(H,10,13)(H,11,12). The van der Waals surface area contributed by atoms with Crippen molar-refractivity contribution >= 4 is 39.5 Å². The fourth-order valence-corrected chi connectivity index (χ4v) is 1.88. The Hall–Kier alpha value is -0.191. The number of carbonyl (C=O) groups excluding carboxylic acids is 1. The van der Waals surface area contributed by atoms with Gasteiger partial charge >= 0.3 is 102 Å². The number of carboxylic acids is 1. The zero-order chi connectivity index (χ0) is 12.1. The molecule has 0 aromatic carbocycles. The SMILES string of the molecule is C[Se]CCC(NC(=O)C(C)(C)S)C(=O)O. The number of aliphatic carboxylic acids is 1. The summed E-state index contributed by atoms with van der Waals surface area (Å²) in [7, 11) is 0. The van der Waals surface area contributed by atoms with Crippen molar-refractivity contribution in [2.45, 2.75) is 42.2 Å². The van der Waals surface area contributed by atoms with Crippen molar-refractivity contribution in [3.8, 4) is 0 Å². The topological polar surface area (TPSA) is 66.4 Å². The second kappa shape index (κ2) is 6.40. The number of thiol groups is 1. The summed E-state index contributed by atoms with van der Waals surface area (Å²) < 4.78 is -0.842. The van der Waals surface area contributed by atoms with Crippen LogP contribution in [0.3, 0.4) is 0 Å². The quantitative estimate of drug-likeness (QED) is 0.502. The molecule has 4 nitrogen and oxygen atoms in total. The Morgan fingerprint density at radius 3 is 2.40 bits per heavy atom. The zero-order valence-corrected chi connectivity index (χ0v) is 11.7. The van der Waals surface area contributed by atoms with E-state index in [1.54, 1.807) is 13.8 Å². The van der Waals surface area contributed by atoms with Crippen molar-refractivity contribution in [1.82, 2.24) is 5.32 Å². The maximum absolute atomic E-state index is 11.5. The molecule has 15 heavy (non-hydrogen) atoms. The number of amides is 1. The van der Waals surface area contributed by atoms with Crippen LogP contribution in [0.1, 0.15) is 20.3 Å². The third kappa shape index (κ3) is 6.07. The molecule has 0 spiro atoms. The van der Waals surface area contributed by atoms with Crippen LogP contribution in [0, 0.1) is 0 Å². The molecule has 0 aliphatic heterocycles. The van der Waals surface area contributed by atoms with Crippen LogP contribution in [0.25, 0.3) is 0 Å². The van der Waals surface area contributed by atoms with Gasteiger partial charge in [0.1, 0.15) is 0 Å². The summed E-state index contributed by atoms with van der Waals surface area (Å²) in [6.45, 7) is 3.27. The fraction of sp³-hybridized carbons (Fsp3) is 0.778. The molecule has 0 aliphatic rings. The first-order valence-corrected chi connectivity index (χ1v) is 7.91. The van der Waals surface area contributed by atoms with Gasteiger partial charge in [-0.15, -0.1) is 0 Å². The van der Waals surface area contributed by atoms with Crippen molar-refractivity contribution in [3.05, 3.63) is 0 Å². The average molecular weight is 298 g/mol. The van der Waals surface area contributed by atoms with Gasteiger partial charge in [0.05, 0.1) is 0 Å². The third-order valence-electron chi connectivity index (χ3n) is 1.77. The van der Waals surface area contributed by atoms with E-state index >= 15 is 0 Å². The van der Waals surface area contributed by atoms with Crippen LogP contribution in [0.15, 0.2) is 0 Å². The van der Waals surface area contributed by atoms with E-state index in [1.807, 2.05) is 5.82 Å². The molecule has 0 aliphatic carbocycles. The van der Waals surface area contributed by atoms with Gasteiger partial charge in [0.25, 0.3) is 0 Å². The summed E-state index contributed by atoms with van der Waals surface area (Å²) in [6.07, 6.45) is 0.488. The summed E-state index contributed by atoms with van der Waals surface area (Å²) >= 11 is 4.51. The fourth-order valence-electron chi connectivity index (χ4n) is 0.828. The van der Waals surface area contributed by atoms with Crippen LogP contribution in [-0.4, -0.2) is 42.7 Å². The molecule has 0 radical (unpaired) electrons. The Bertz CT molecular complexity index is 240. The molecule has 6 heteroatoms. The molecule has 2 N–H and O–H groups in total. The van der Waals surface area contributed by atoms with Crippen molar-refractivity contribution < 1.29 is 14.7 Å². The Morgan fingerprint density at radius 2 is 2.07 bits per heavy atom. The van der Waals surface area contributed by atoms with E-state index in [-0.39, 0.29) is 5.91 Å². The van der Waals surface area contributed by atoms with E-state index in [4.69, 9.17) is 5.11 Å². The van der Waals surface area contributed by atoms with Gasteiger partial charge in [-0.25, -0.2) is 0 Å². The summed E-state index contributed by atoms with van der Waals surface area (Å²) in [4.78, 5) is 22.3. The summed E-state index contributed by atoms with van der Waals surface area (Å²) in [5.74, 6) is 0.711. The van der Waals surface area contributed by atoms with Crippen molar-refractivity contribution in [2.24, 2.45) is 0 Å². The molecular weight excluding hydrogens is 281 g/mol. The van der Waals surface area contributed by atoms with Crippen molar-refractivity contribution in [3.63, 3.8) is 0 Å². The van der Waals surface area contributed by atoms with E-state index < -0.39 is 16.8 Å². The van der Waals surface area contributed by atoms with Gasteiger partial charge in [-0.3, -0.25) is 0 Å². The first-order valence-electron chi connectivity index (χ1n) is 4.54. The van der Waals surface area contributed by atoms with Crippen LogP contribution >= 0.6 is 12.6 Å². The van der Waals surface area contributed by atoms with E-state index in [0.29, 0.717) is 21.4 Å². The van der Waals surface area contributed by atoms with E-state index in [1.165, 1.54) is 0 Å². The number of hydrogen-bond donors (Lipinski definition) is 3. The normalized spacial score (nSPS) is 13.3. The van der Waals surface area contributed by atoms with Crippen LogP contribution < -0.4 is 5.32 Å². The molecular formula is C9H17NO3SSe. The Balaban J connectivity index is 4.29. The molecule has 0 saturated carbocycles. The van der Waals surface area contributed by atoms with E-state index in [2.05, 4.69) is 17.9 Å². The second-order valence-corrected chi connectivity index (χ2v) is 6.89. The summed E-state index contributed by atoms with van der Waals surface area (Å²) in [5.41, 5.74) is 0. The van der Waals surface area contributed by atoms with Gasteiger partial charge in [0.15, 0.2) is 0 Å². The van der Waals surface area contributed by atoms with Crippen molar-refractivity contribution in [1.29, 1.82) is 0 Å². The number of carbonyl (C=O) groups is 2. The summed E-state index contributed by atoms with van der Waals surface area (Å²) in [5, 5.41) is 12.2. The predicted octanol–water partition coefficient (Wildman–Crippen LogP) is 0.825. The first kappa shape index (κ1) is 14.8. The summed E-state index contributed by atoms with van der Waals surface area (Å²) in [6, 6.07) is -0.786. The van der Waals surface area contributed by atoms with Gasteiger partial charge in [0.2, 0.25) is 0 Å². The van der Waals surface area contributed by atoms with Gasteiger partial charge < -0.3 is 0 Å². The average Bonchev–Trinajstić information content (AvgIpc) is 2.09. The van der Waals surface area contributed by atoms with Crippen LogP contribution in [0.5, 0.6) is 0 Å². The maximum atomic E-state index is 11.5. The number of nitrogens with one attached hydrogen (secondary N) is 1. The van der Waals surface area contributed by atoms with Gasteiger partial charge in [-0.2, -0.15) is 0 Å². The first-order chi connectivity index (χ1) is 6.79. The Labute approximate surface area is 102 Å². The van der Waals surface area contributed by atoms with Gasteiger partial charge in [-0.1, -0.05) is 0 Å². The molecule has 88 valence electrons. The van der Waals surface area contributed by atoms with Crippen LogP contribution in [0.4, 0.5) is 0 Å². The number of rotatable bonds is 6. The molecule has 1 atom stereocenters. The monoisotopic (exact) mass is 299 g/mol. The van der Waals surface area contributed by atoms with Crippen LogP contribution in [0.2, 0.25) is 11.1 Å². The molecule has 0 bridgehead atoms. The molecule has 0 fully saturated rings. The minimum absolute atomic E-state index is 0.346. The number of carboxylic acid groups (broad SMARTS) is 1. The molecule has 0 saturated heterocycles. The van der Waals surface area contributed by atoms with Gasteiger partial charge in [0, 0.05) is 0 Å². The second-order valence-electron chi connectivity index (χ2n) is 3.70. The minimum atomic E-state index is -0.981. The predicted molar refractivity (Wildman–Crippen MR) is 63.7 cm³/mol. The third-order valence-corrected chi connectivity index (χ3v) is 3.32. The van der Waals surface area contributed by atoms with Gasteiger partial charge in [-0.05, 0) is 0 Å². The zero-order valence-electron chi connectivity index (χ0n) is 9.11. The molecule has 0 rings (SSSR count). The molecule has 1 amide bonds. The molecule has 0 aromatic rings. The number of hydrogen-bond acceptors (Lipinski definition) is 3. The van der Waals surface area contributed by atoms with Crippen molar-refractivity contribution in [2.75, 3.05) is 0 Å². The van der Waals surface area contributed by atoms with E-state index in [9.17, 15) is 9.59 Å². The van der Waals surface area contributed by atoms with Crippen LogP contribution in [-0.2, 0) is 9.59 Å². The Morgan fingerprint density at radius 1 is 1.53 bits per heavy atom. The molecule has 0 heterocycles.